The molecule has 0 spiro atoms. The highest BCUT2D eigenvalue weighted by Gasteiger charge is 2.09. The smallest absolute Gasteiger partial charge is 0.282 e. The Morgan fingerprint density at radius 3 is 1.05 bits per heavy atom. The molecule has 1 aromatic carbocycles. The Morgan fingerprint density at radius 1 is 0.463 bits per heavy atom. The van der Waals surface area contributed by atoms with E-state index in [0.717, 1.165) is 18.4 Å². The second kappa shape index (κ2) is 27.9. The first kappa shape index (κ1) is 38.2. The van der Waals surface area contributed by atoms with Gasteiger partial charge in [-0.05, 0) is 30.5 Å². The highest BCUT2D eigenvalue weighted by molar-refractivity contribution is 7.85. The van der Waals surface area contributed by atoms with Gasteiger partial charge in [-0.3, -0.25) is 4.55 Å². The van der Waals surface area contributed by atoms with E-state index in [9.17, 15) is 8.42 Å². The van der Waals surface area contributed by atoms with Crippen LogP contribution in [0.25, 0.3) is 0 Å². The van der Waals surface area contributed by atoms with Gasteiger partial charge in [-0.15, -0.1) is 0 Å². The average Bonchev–Trinajstić information content (AvgIpc) is 2.96. The number of rotatable bonds is 31. The molecule has 0 saturated heterocycles. The highest BCUT2D eigenvalue weighted by Crippen LogP contribution is 2.17. The van der Waals surface area contributed by atoms with Crippen LogP contribution in [-0.4, -0.2) is 13.0 Å². The van der Waals surface area contributed by atoms with Gasteiger partial charge in [0.05, 0.1) is 4.90 Å². The van der Waals surface area contributed by atoms with Gasteiger partial charge in [0, 0.05) is 0 Å². The van der Waals surface area contributed by atoms with Gasteiger partial charge < -0.3 is 0 Å². The van der Waals surface area contributed by atoms with Gasteiger partial charge in [-0.25, -0.2) is 0 Å². The van der Waals surface area contributed by atoms with Crippen LogP contribution in [0.1, 0.15) is 199 Å². The van der Waals surface area contributed by atoms with Gasteiger partial charge in [0.1, 0.15) is 0 Å². The van der Waals surface area contributed by atoms with Crippen molar-refractivity contribution in [2.75, 3.05) is 0 Å². The molecular formula is C37H68O3S. The van der Waals surface area contributed by atoms with Crippen molar-refractivity contribution in [3.63, 3.8) is 0 Å². The molecule has 0 aliphatic heterocycles. The van der Waals surface area contributed by atoms with Crippen LogP contribution in [0.3, 0.4) is 0 Å². The van der Waals surface area contributed by atoms with Crippen LogP contribution in [0.4, 0.5) is 0 Å². The van der Waals surface area contributed by atoms with Crippen molar-refractivity contribution in [3.8, 4) is 0 Å². The van der Waals surface area contributed by atoms with Gasteiger partial charge in [-0.2, -0.15) is 8.42 Å². The molecule has 0 bridgehead atoms. The van der Waals surface area contributed by atoms with Crippen LogP contribution in [0.2, 0.25) is 0 Å². The maximum absolute atomic E-state index is 11.2. The van der Waals surface area contributed by atoms with Crippen molar-refractivity contribution in [3.05, 3.63) is 29.8 Å². The summed E-state index contributed by atoms with van der Waals surface area (Å²) in [6, 6.07) is 6.69. The molecule has 1 N–H and O–H groups in total. The van der Waals surface area contributed by atoms with Gasteiger partial charge in [-0.1, -0.05) is 199 Å². The van der Waals surface area contributed by atoms with Crippen molar-refractivity contribution >= 4 is 10.1 Å². The van der Waals surface area contributed by atoms with E-state index in [0.29, 0.717) is 0 Å². The first-order valence-electron chi connectivity index (χ1n) is 18.1. The molecule has 0 fully saturated rings. The summed E-state index contributed by atoms with van der Waals surface area (Å²) in [5.74, 6) is 0. The van der Waals surface area contributed by atoms with E-state index in [-0.39, 0.29) is 4.90 Å². The highest BCUT2D eigenvalue weighted by atomic mass is 32.2. The monoisotopic (exact) mass is 592 g/mol. The van der Waals surface area contributed by atoms with Crippen molar-refractivity contribution in [1.82, 2.24) is 0 Å². The summed E-state index contributed by atoms with van der Waals surface area (Å²) >= 11 is 0. The lowest BCUT2D eigenvalue weighted by molar-refractivity contribution is 0.483. The van der Waals surface area contributed by atoms with E-state index in [2.05, 4.69) is 6.92 Å². The van der Waals surface area contributed by atoms with Gasteiger partial charge in [0.15, 0.2) is 0 Å². The fraction of sp³-hybridized carbons (Fsp3) is 0.838. The predicted molar refractivity (Wildman–Crippen MR) is 180 cm³/mol. The number of hydrogen-bond donors (Lipinski definition) is 1. The van der Waals surface area contributed by atoms with Crippen LogP contribution in [0, 0.1) is 0 Å². The minimum absolute atomic E-state index is 0.00500. The number of hydrogen-bond acceptors (Lipinski definition) is 2. The Labute approximate surface area is 256 Å². The van der Waals surface area contributed by atoms with Crippen LogP contribution in [0.15, 0.2) is 29.2 Å². The summed E-state index contributed by atoms with van der Waals surface area (Å²) in [4.78, 5) is 0.00500. The fourth-order valence-corrected chi connectivity index (χ4v) is 6.59. The largest absolute Gasteiger partial charge is 0.294 e. The molecule has 3 nitrogen and oxygen atoms in total. The molecule has 0 heterocycles. The van der Waals surface area contributed by atoms with Crippen molar-refractivity contribution in [2.45, 2.75) is 204 Å². The first-order chi connectivity index (χ1) is 20.0. The average molecular weight is 593 g/mol. The van der Waals surface area contributed by atoms with Crippen LogP contribution in [0.5, 0.6) is 0 Å². The minimum Gasteiger partial charge on any atom is -0.282 e. The van der Waals surface area contributed by atoms with Gasteiger partial charge >= 0.3 is 0 Å². The lowest BCUT2D eigenvalue weighted by Crippen LogP contribution is -1.98. The quantitative estimate of drug-likeness (QED) is 0.0689. The van der Waals surface area contributed by atoms with Crippen molar-refractivity contribution in [2.24, 2.45) is 0 Å². The maximum Gasteiger partial charge on any atom is 0.294 e. The van der Waals surface area contributed by atoms with E-state index in [1.165, 1.54) is 186 Å². The van der Waals surface area contributed by atoms with Gasteiger partial charge in [0.25, 0.3) is 10.1 Å². The third-order valence-electron chi connectivity index (χ3n) is 8.77. The zero-order valence-corrected chi connectivity index (χ0v) is 28.0. The van der Waals surface area contributed by atoms with Crippen LogP contribution < -0.4 is 0 Å². The van der Waals surface area contributed by atoms with Gasteiger partial charge in [0.2, 0.25) is 0 Å². The zero-order valence-electron chi connectivity index (χ0n) is 27.2. The molecule has 0 aromatic heterocycles. The molecule has 4 heteroatoms. The molecule has 1 aromatic rings. The van der Waals surface area contributed by atoms with Crippen molar-refractivity contribution < 1.29 is 13.0 Å². The molecule has 0 aliphatic rings. The Kier molecular flexibility index (Phi) is 26.0. The molecule has 1 rings (SSSR count). The van der Waals surface area contributed by atoms with Crippen molar-refractivity contribution in [1.29, 1.82) is 0 Å². The van der Waals surface area contributed by atoms with Crippen LogP contribution in [-0.2, 0) is 16.5 Å². The zero-order chi connectivity index (χ0) is 29.7. The topological polar surface area (TPSA) is 54.4 Å². The summed E-state index contributed by atoms with van der Waals surface area (Å²) < 4.78 is 31.7. The van der Waals surface area contributed by atoms with E-state index < -0.39 is 10.1 Å². The second-order valence-corrected chi connectivity index (χ2v) is 14.2. The Balaban J connectivity index is 1.71. The summed E-state index contributed by atoms with van der Waals surface area (Å²) in [6.45, 7) is 2.30. The van der Waals surface area contributed by atoms with E-state index in [1.54, 1.807) is 12.1 Å². The Bertz CT molecular complexity index is 789. The molecule has 0 unspecified atom stereocenters. The second-order valence-electron chi connectivity index (χ2n) is 12.8. The molecule has 0 saturated carbocycles. The van der Waals surface area contributed by atoms with E-state index in [4.69, 9.17) is 4.55 Å². The number of benzene rings is 1. The Hall–Kier alpha value is -0.870. The van der Waals surface area contributed by atoms with E-state index in [1.807, 2.05) is 6.07 Å². The molecule has 0 aliphatic carbocycles. The summed E-state index contributed by atoms with van der Waals surface area (Å²) in [5.41, 5.74) is 0.991. The lowest BCUT2D eigenvalue weighted by Gasteiger charge is -2.05. The van der Waals surface area contributed by atoms with E-state index >= 15 is 0 Å². The minimum atomic E-state index is -4.10. The number of aryl methyl sites for hydroxylation is 1. The molecule has 240 valence electrons. The normalized spacial score (nSPS) is 11.9. The molecular weight excluding hydrogens is 524 g/mol. The number of unbranched alkanes of at least 4 members (excludes halogenated alkanes) is 28. The first-order valence-corrected chi connectivity index (χ1v) is 19.5. The Morgan fingerprint density at radius 2 is 0.756 bits per heavy atom. The predicted octanol–water partition coefficient (Wildman–Crippen LogP) is 12.8. The molecule has 0 radical (unpaired) electrons. The lowest BCUT2D eigenvalue weighted by atomic mass is 10.0. The summed E-state index contributed by atoms with van der Waals surface area (Å²) in [6.07, 6.45) is 41.7. The third-order valence-corrected chi connectivity index (χ3v) is 9.61. The van der Waals surface area contributed by atoms with Crippen LogP contribution >= 0.6 is 0 Å². The molecule has 0 atom stereocenters. The molecule has 41 heavy (non-hydrogen) atoms. The summed E-state index contributed by atoms with van der Waals surface area (Å²) in [7, 11) is -4.10. The third kappa shape index (κ3) is 25.4. The SMILES string of the molecule is CCCCCCCCCCCCCCCCCCCCCCCCCCCCCCCc1cccc(S(=O)(=O)O)c1. The standard InChI is InChI=1S/C37H68O3S/c1-2-3-4-5-6-7-8-9-10-11-12-13-14-15-16-17-18-19-20-21-22-23-24-25-26-27-28-29-30-32-36-33-31-34-37(35-36)41(38,39)40/h31,33-35H,2-30,32H2,1H3,(H,38,39,40). The molecule has 0 amide bonds. The fourth-order valence-electron chi connectivity index (χ4n) is 6.04. The maximum atomic E-state index is 11.2. The summed E-state index contributed by atoms with van der Waals surface area (Å²) in [5, 5.41) is 0.